The standard InChI is InChI=1S/C26H42N2O3/c1-15(5-8-23-27-16(2)28-31-23)19-6-7-20-24-21(10-12-26(19,20)4)25(3)11-9-18(29)13-17(25)14-22(24)30/h15,17-22,24,29-30H,5-14H2,1-4H3/t15-,17+,18-,19-,20+,21+,22-,24+,25+,26-/m1/s1. The predicted molar refractivity (Wildman–Crippen MR) is 119 cm³/mol. The molecule has 0 unspecified atom stereocenters. The van der Waals surface area contributed by atoms with Gasteiger partial charge in [0, 0.05) is 6.42 Å². The summed E-state index contributed by atoms with van der Waals surface area (Å²) in [5, 5.41) is 25.6. The van der Waals surface area contributed by atoms with Gasteiger partial charge in [0.25, 0.3) is 0 Å². The van der Waals surface area contributed by atoms with E-state index in [9.17, 15) is 10.2 Å². The van der Waals surface area contributed by atoms with Crippen LogP contribution in [0.2, 0.25) is 0 Å². The van der Waals surface area contributed by atoms with Crippen LogP contribution in [-0.4, -0.2) is 32.6 Å². The summed E-state index contributed by atoms with van der Waals surface area (Å²) in [6, 6.07) is 0. The maximum Gasteiger partial charge on any atom is 0.226 e. The number of fused-ring (bicyclic) bond motifs is 5. The van der Waals surface area contributed by atoms with E-state index < -0.39 is 0 Å². The third-order valence-electron chi connectivity index (χ3n) is 10.8. The number of aryl methyl sites for hydroxylation is 2. The maximum absolute atomic E-state index is 11.4. The van der Waals surface area contributed by atoms with Crippen molar-refractivity contribution in [2.75, 3.05) is 0 Å². The molecule has 0 aliphatic heterocycles. The smallest absolute Gasteiger partial charge is 0.226 e. The van der Waals surface area contributed by atoms with Crippen LogP contribution < -0.4 is 0 Å². The molecule has 4 saturated carbocycles. The molecule has 4 aliphatic carbocycles. The van der Waals surface area contributed by atoms with E-state index in [1.807, 2.05) is 6.92 Å². The second-order valence-electron chi connectivity index (χ2n) is 12.2. The zero-order valence-corrected chi connectivity index (χ0v) is 19.9. The van der Waals surface area contributed by atoms with Crippen LogP contribution in [0.25, 0.3) is 0 Å². The van der Waals surface area contributed by atoms with Crippen molar-refractivity contribution < 1.29 is 14.7 Å². The van der Waals surface area contributed by atoms with E-state index in [0.717, 1.165) is 50.2 Å². The topological polar surface area (TPSA) is 79.4 Å². The summed E-state index contributed by atoms with van der Waals surface area (Å²) in [5.41, 5.74) is 0.647. The lowest BCUT2D eigenvalue weighted by atomic mass is 9.43. The van der Waals surface area contributed by atoms with E-state index in [-0.39, 0.29) is 12.2 Å². The normalized spacial score (nSPS) is 48.0. The molecule has 0 aromatic carbocycles. The van der Waals surface area contributed by atoms with Crippen molar-refractivity contribution in [1.82, 2.24) is 10.1 Å². The van der Waals surface area contributed by atoms with E-state index in [2.05, 4.69) is 30.9 Å². The average molecular weight is 431 g/mol. The van der Waals surface area contributed by atoms with E-state index in [1.54, 1.807) is 0 Å². The van der Waals surface area contributed by atoms with Crippen molar-refractivity contribution >= 4 is 0 Å². The lowest BCUT2D eigenvalue weighted by Gasteiger charge is -2.62. The molecule has 174 valence electrons. The summed E-state index contributed by atoms with van der Waals surface area (Å²) in [4.78, 5) is 4.39. The number of aliphatic hydroxyl groups is 2. The van der Waals surface area contributed by atoms with Crippen LogP contribution in [0.4, 0.5) is 0 Å². The molecule has 2 N–H and O–H groups in total. The highest BCUT2D eigenvalue weighted by molar-refractivity contribution is 5.11. The van der Waals surface area contributed by atoms with Gasteiger partial charge in [-0.05, 0) is 111 Å². The van der Waals surface area contributed by atoms with Crippen LogP contribution in [0, 0.1) is 53.3 Å². The zero-order valence-electron chi connectivity index (χ0n) is 19.9. The molecule has 1 aromatic rings. The van der Waals surface area contributed by atoms with Gasteiger partial charge in [0.2, 0.25) is 5.89 Å². The fraction of sp³-hybridized carbons (Fsp3) is 0.923. The van der Waals surface area contributed by atoms with Gasteiger partial charge in [-0.15, -0.1) is 0 Å². The van der Waals surface area contributed by atoms with Gasteiger partial charge in [-0.2, -0.15) is 4.98 Å². The minimum atomic E-state index is -0.187. The van der Waals surface area contributed by atoms with Gasteiger partial charge in [-0.25, -0.2) is 0 Å². The molecule has 0 radical (unpaired) electrons. The number of aromatic nitrogens is 2. The van der Waals surface area contributed by atoms with Crippen molar-refractivity contribution in [2.45, 2.75) is 104 Å². The Morgan fingerprint density at radius 1 is 1.03 bits per heavy atom. The van der Waals surface area contributed by atoms with Gasteiger partial charge >= 0.3 is 0 Å². The van der Waals surface area contributed by atoms with Gasteiger partial charge in [-0.3, -0.25) is 0 Å². The Morgan fingerprint density at radius 2 is 1.77 bits per heavy atom. The highest BCUT2D eigenvalue weighted by Gasteiger charge is 2.62. The SMILES string of the molecule is Cc1noc(CC[C@@H](C)[C@H]2CC[C@H]3[C@@H]4[C@H](O)C[C@@H]5C[C@H](O)CC[C@]5(C)[C@H]4CC[C@]23C)n1. The Labute approximate surface area is 187 Å². The second kappa shape index (κ2) is 7.83. The molecule has 1 aromatic heterocycles. The summed E-state index contributed by atoms with van der Waals surface area (Å²) >= 11 is 0. The van der Waals surface area contributed by atoms with E-state index in [0.29, 0.717) is 46.3 Å². The molecule has 1 heterocycles. The van der Waals surface area contributed by atoms with Crippen molar-refractivity contribution in [3.05, 3.63) is 11.7 Å². The molecule has 0 amide bonds. The predicted octanol–water partition coefficient (Wildman–Crippen LogP) is 4.94. The van der Waals surface area contributed by atoms with E-state index in [4.69, 9.17) is 4.52 Å². The van der Waals surface area contributed by atoms with Crippen LogP contribution in [0.1, 0.15) is 90.3 Å². The molecule has 5 heteroatoms. The zero-order chi connectivity index (χ0) is 22.0. The molecular formula is C26H42N2O3. The fourth-order valence-corrected chi connectivity index (χ4v) is 9.17. The molecule has 4 aliphatic rings. The Bertz CT molecular complexity index is 795. The summed E-state index contributed by atoms with van der Waals surface area (Å²) in [7, 11) is 0. The first kappa shape index (κ1) is 21.9. The first-order valence-corrected chi connectivity index (χ1v) is 12.9. The molecule has 0 saturated heterocycles. The summed E-state index contributed by atoms with van der Waals surface area (Å²) in [6.07, 6.45) is 10.6. The number of hydrogen-bond acceptors (Lipinski definition) is 5. The Hall–Kier alpha value is -0.940. The van der Waals surface area contributed by atoms with E-state index >= 15 is 0 Å². The first-order chi connectivity index (χ1) is 14.7. The molecule has 0 bridgehead atoms. The van der Waals surface area contributed by atoms with Gasteiger partial charge in [0.05, 0.1) is 12.2 Å². The lowest BCUT2D eigenvalue weighted by molar-refractivity contribution is -0.174. The van der Waals surface area contributed by atoms with Crippen molar-refractivity contribution in [3.8, 4) is 0 Å². The monoisotopic (exact) mass is 430 g/mol. The molecule has 10 atom stereocenters. The van der Waals surface area contributed by atoms with Gasteiger partial charge in [0.1, 0.15) is 0 Å². The summed E-state index contributed by atoms with van der Waals surface area (Å²) in [6.45, 7) is 9.34. The quantitative estimate of drug-likeness (QED) is 0.707. The molecule has 5 rings (SSSR count). The van der Waals surface area contributed by atoms with Crippen LogP contribution in [0.3, 0.4) is 0 Å². The van der Waals surface area contributed by atoms with Crippen LogP contribution in [0.5, 0.6) is 0 Å². The molecule has 5 nitrogen and oxygen atoms in total. The van der Waals surface area contributed by atoms with Crippen molar-refractivity contribution in [1.29, 1.82) is 0 Å². The fourth-order valence-electron chi connectivity index (χ4n) is 9.17. The van der Waals surface area contributed by atoms with Gasteiger partial charge in [-0.1, -0.05) is 25.9 Å². The van der Waals surface area contributed by atoms with Crippen molar-refractivity contribution in [3.63, 3.8) is 0 Å². The highest BCUT2D eigenvalue weighted by atomic mass is 16.5. The Balaban J connectivity index is 1.32. The maximum atomic E-state index is 11.4. The van der Waals surface area contributed by atoms with Gasteiger partial charge < -0.3 is 14.7 Å². The van der Waals surface area contributed by atoms with Crippen LogP contribution in [-0.2, 0) is 6.42 Å². The average Bonchev–Trinajstić information content (AvgIpc) is 3.30. The number of rotatable bonds is 4. The second-order valence-corrected chi connectivity index (χ2v) is 12.2. The summed E-state index contributed by atoms with van der Waals surface area (Å²) < 4.78 is 5.35. The van der Waals surface area contributed by atoms with E-state index in [1.165, 1.54) is 25.7 Å². The summed E-state index contributed by atoms with van der Waals surface area (Å²) in [5.74, 6) is 5.06. The molecular weight excluding hydrogens is 388 g/mol. The first-order valence-electron chi connectivity index (χ1n) is 12.9. The Kier molecular flexibility index (Phi) is 5.53. The van der Waals surface area contributed by atoms with Crippen LogP contribution >= 0.6 is 0 Å². The minimum Gasteiger partial charge on any atom is -0.393 e. The number of nitrogens with zero attached hydrogens (tertiary/aromatic N) is 2. The highest BCUT2D eigenvalue weighted by Crippen LogP contribution is 2.68. The van der Waals surface area contributed by atoms with Crippen LogP contribution in [0.15, 0.2) is 4.52 Å². The van der Waals surface area contributed by atoms with Gasteiger partial charge in [0.15, 0.2) is 5.82 Å². The lowest BCUT2D eigenvalue weighted by Crippen LogP contribution is -2.58. The molecule has 0 spiro atoms. The number of hydrogen-bond donors (Lipinski definition) is 2. The molecule has 4 fully saturated rings. The number of aliphatic hydroxyl groups excluding tert-OH is 2. The third kappa shape index (κ3) is 3.49. The third-order valence-corrected chi connectivity index (χ3v) is 10.8. The molecule has 31 heavy (non-hydrogen) atoms. The Morgan fingerprint density at radius 3 is 2.52 bits per heavy atom. The minimum absolute atomic E-state index is 0.157. The van der Waals surface area contributed by atoms with Crippen molar-refractivity contribution in [2.24, 2.45) is 46.3 Å². The largest absolute Gasteiger partial charge is 0.393 e.